The van der Waals surface area contributed by atoms with Crippen molar-refractivity contribution in [1.82, 2.24) is 20.2 Å². The van der Waals surface area contributed by atoms with Crippen molar-refractivity contribution in [3.63, 3.8) is 0 Å². The molecule has 4 aliphatic rings. The average Bonchev–Trinajstić information content (AvgIpc) is 3.45. The summed E-state index contributed by atoms with van der Waals surface area (Å²) >= 11 is 0. The minimum absolute atomic E-state index is 0.00558. The maximum Gasteiger partial charge on any atom is 0.318 e. The monoisotopic (exact) mass is 604 g/mol. The number of hydrogen-bond acceptors (Lipinski definition) is 9. The van der Waals surface area contributed by atoms with Gasteiger partial charge >= 0.3 is 6.01 Å². The van der Waals surface area contributed by atoms with Crippen molar-refractivity contribution in [3.05, 3.63) is 47.7 Å². The van der Waals surface area contributed by atoms with Crippen LogP contribution in [0.4, 0.5) is 15.9 Å². The van der Waals surface area contributed by atoms with E-state index in [1.807, 2.05) is 24.3 Å². The van der Waals surface area contributed by atoms with Crippen LogP contribution in [0.1, 0.15) is 49.8 Å². The lowest BCUT2D eigenvalue weighted by atomic mass is 9.95. The molecule has 44 heavy (non-hydrogen) atoms. The van der Waals surface area contributed by atoms with E-state index < -0.39 is 12.8 Å². The van der Waals surface area contributed by atoms with E-state index in [9.17, 15) is 19.4 Å². The molecule has 3 saturated heterocycles. The molecule has 0 bridgehead atoms. The second-order valence-electron chi connectivity index (χ2n) is 12.8. The van der Waals surface area contributed by atoms with Crippen LogP contribution < -0.4 is 19.9 Å². The summed E-state index contributed by atoms with van der Waals surface area (Å²) < 4.78 is 20.9. The Bertz CT molecular complexity index is 1540. The van der Waals surface area contributed by atoms with E-state index >= 15 is 0 Å². The molecule has 1 aromatic heterocycles. The number of alkyl halides is 1. The molecule has 5 heterocycles. The fraction of sp³-hybridized carbons (Fsp3) is 0.545. The zero-order chi connectivity index (χ0) is 30.3. The molecule has 11 heteroatoms. The molecule has 3 atom stereocenters. The summed E-state index contributed by atoms with van der Waals surface area (Å²) in [5.74, 6) is 0.753. The van der Waals surface area contributed by atoms with Gasteiger partial charge in [0.15, 0.2) is 0 Å². The number of phenolic OH excluding ortho intramolecular Hbond substituents is 1. The molecule has 1 amide bonds. The second kappa shape index (κ2) is 12.0. The van der Waals surface area contributed by atoms with Gasteiger partial charge in [0.05, 0.1) is 17.8 Å². The number of fused-ring (bicyclic) bond motifs is 3. The van der Waals surface area contributed by atoms with Gasteiger partial charge in [-0.2, -0.15) is 9.97 Å². The number of amides is 1. The number of rotatable bonds is 7. The van der Waals surface area contributed by atoms with Gasteiger partial charge in [0.25, 0.3) is 0 Å². The van der Waals surface area contributed by atoms with Crippen molar-refractivity contribution in [2.24, 2.45) is 0 Å². The zero-order valence-corrected chi connectivity index (χ0v) is 25.1. The summed E-state index contributed by atoms with van der Waals surface area (Å²) in [6.07, 6.45) is 4.80. The number of aromatic nitrogens is 2. The molecule has 1 unspecified atom stereocenters. The molecular formula is C33H41FN6O4. The fourth-order valence-corrected chi connectivity index (χ4v) is 7.83. The third kappa shape index (κ3) is 5.63. The Hall–Kier alpha value is -3.70. The second-order valence-corrected chi connectivity index (χ2v) is 12.8. The van der Waals surface area contributed by atoms with Crippen LogP contribution in [0, 0.1) is 0 Å². The maximum absolute atomic E-state index is 14.5. The first kappa shape index (κ1) is 29.0. The summed E-state index contributed by atoms with van der Waals surface area (Å²) in [5, 5.41) is 24.7. The minimum Gasteiger partial charge on any atom is -0.508 e. The van der Waals surface area contributed by atoms with Gasteiger partial charge in [0.2, 0.25) is 5.91 Å². The number of benzene rings is 2. The molecule has 0 aliphatic carbocycles. The largest absolute Gasteiger partial charge is 0.508 e. The summed E-state index contributed by atoms with van der Waals surface area (Å²) in [4.78, 5) is 28.6. The number of hydrogen-bond donors (Lipinski definition) is 3. The van der Waals surface area contributed by atoms with Crippen LogP contribution in [0.2, 0.25) is 0 Å². The van der Waals surface area contributed by atoms with Crippen molar-refractivity contribution >= 4 is 28.2 Å². The van der Waals surface area contributed by atoms with Gasteiger partial charge < -0.3 is 30.1 Å². The van der Waals surface area contributed by atoms with E-state index in [2.05, 4.69) is 26.1 Å². The van der Waals surface area contributed by atoms with Gasteiger partial charge in [-0.1, -0.05) is 24.3 Å². The Kier molecular flexibility index (Phi) is 7.92. The van der Waals surface area contributed by atoms with E-state index in [1.165, 1.54) is 0 Å². The number of halogens is 1. The van der Waals surface area contributed by atoms with Gasteiger partial charge in [-0.25, -0.2) is 4.39 Å². The van der Waals surface area contributed by atoms with Crippen LogP contribution in [0.25, 0.3) is 10.8 Å². The number of phenols is 1. The first-order chi connectivity index (χ1) is 21.4. The molecular weight excluding hydrogens is 563 g/mol. The van der Waals surface area contributed by atoms with Crippen LogP contribution in [0.15, 0.2) is 36.4 Å². The fourth-order valence-electron chi connectivity index (χ4n) is 7.83. The van der Waals surface area contributed by atoms with Crippen molar-refractivity contribution in [1.29, 1.82) is 0 Å². The Balaban J connectivity index is 1.20. The highest BCUT2D eigenvalue weighted by molar-refractivity contribution is 5.95. The number of carbonyl (C=O) groups excluding carboxylic acids is 1. The quantitative estimate of drug-likeness (QED) is 0.374. The van der Waals surface area contributed by atoms with E-state index in [0.717, 1.165) is 91.7 Å². The molecule has 3 fully saturated rings. The number of ether oxygens (including phenoxy) is 1. The molecule has 2 aromatic carbocycles. The maximum atomic E-state index is 14.5. The van der Waals surface area contributed by atoms with Crippen molar-refractivity contribution in [2.75, 3.05) is 55.7 Å². The number of aromatic hydroxyl groups is 1. The Morgan fingerprint density at radius 2 is 1.98 bits per heavy atom. The molecule has 7 rings (SSSR count). The third-order valence-electron chi connectivity index (χ3n) is 9.96. The lowest BCUT2D eigenvalue weighted by Gasteiger charge is -2.34. The lowest BCUT2D eigenvalue weighted by molar-refractivity contribution is -0.124. The third-order valence-corrected chi connectivity index (χ3v) is 9.96. The van der Waals surface area contributed by atoms with Crippen LogP contribution in [0.3, 0.4) is 0 Å². The summed E-state index contributed by atoms with van der Waals surface area (Å²) in [6, 6.07) is 12.0. The molecule has 3 N–H and O–H groups in total. The predicted molar refractivity (Wildman–Crippen MR) is 166 cm³/mol. The van der Waals surface area contributed by atoms with E-state index in [1.54, 1.807) is 6.07 Å². The minimum atomic E-state index is -0.832. The van der Waals surface area contributed by atoms with Gasteiger partial charge in [-0.15, -0.1) is 0 Å². The molecule has 0 radical (unpaired) electrons. The van der Waals surface area contributed by atoms with Gasteiger partial charge in [0, 0.05) is 61.3 Å². The highest BCUT2D eigenvalue weighted by Gasteiger charge is 2.49. The first-order valence-corrected chi connectivity index (χ1v) is 15.9. The molecule has 10 nitrogen and oxygen atoms in total. The van der Waals surface area contributed by atoms with Crippen LogP contribution in [-0.4, -0.2) is 94.7 Å². The number of carbonyl (C=O) groups is 1. The normalized spacial score (nSPS) is 25.5. The zero-order valence-electron chi connectivity index (χ0n) is 25.1. The Labute approximate surface area is 256 Å². The number of nitrogens with one attached hydrogen (secondary N) is 1. The van der Waals surface area contributed by atoms with Crippen molar-refractivity contribution < 1.29 is 24.1 Å². The standard InChI is InChI=1S/C33H41FN6O4/c34-23-17-33(10-4-12-40(33)18-23)21-44-32-36-28-19-39(29-16-25(42)15-22-5-1-2-7-26(22)29)14-9-27(28)31(37-32)38-11-3-6-24(8-13-38)35-30(43)20-41/h1-2,5,7,15-16,23-24,41-42H,3-4,6,8-14,17-21H2,(H,35,43)/t23-,24?,33+/m1/s1. The summed E-state index contributed by atoms with van der Waals surface area (Å²) in [5.41, 5.74) is 2.66. The first-order valence-electron chi connectivity index (χ1n) is 15.9. The number of anilines is 2. The van der Waals surface area contributed by atoms with E-state index in [4.69, 9.17) is 14.7 Å². The molecule has 3 aromatic rings. The molecule has 4 aliphatic heterocycles. The van der Waals surface area contributed by atoms with Crippen molar-refractivity contribution in [3.8, 4) is 11.8 Å². The van der Waals surface area contributed by atoms with Crippen LogP contribution in [0.5, 0.6) is 11.8 Å². The molecule has 0 saturated carbocycles. The molecule has 234 valence electrons. The lowest BCUT2D eigenvalue weighted by Crippen LogP contribution is -2.43. The van der Waals surface area contributed by atoms with Crippen LogP contribution in [-0.2, 0) is 17.8 Å². The average molecular weight is 605 g/mol. The number of aliphatic hydroxyl groups is 1. The highest BCUT2D eigenvalue weighted by atomic mass is 19.1. The summed E-state index contributed by atoms with van der Waals surface area (Å²) in [6.45, 7) is 4.01. The van der Waals surface area contributed by atoms with Gasteiger partial charge in [-0.05, 0) is 56.5 Å². The van der Waals surface area contributed by atoms with E-state index in [0.29, 0.717) is 38.7 Å². The molecule has 0 spiro atoms. The van der Waals surface area contributed by atoms with Gasteiger partial charge in [-0.3, -0.25) is 9.69 Å². The summed E-state index contributed by atoms with van der Waals surface area (Å²) in [7, 11) is 0. The highest BCUT2D eigenvalue weighted by Crippen LogP contribution is 2.41. The van der Waals surface area contributed by atoms with Crippen LogP contribution >= 0.6 is 0 Å². The smallest absolute Gasteiger partial charge is 0.318 e. The Morgan fingerprint density at radius 3 is 2.86 bits per heavy atom. The number of nitrogens with zero attached hydrogens (tertiary/aromatic N) is 5. The van der Waals surface area contributed by atoms with Crippen molar-refractivity contribution in [2.45, 2.75) is 69.2 Å². The topological polar surface area (TPSA) is 114 Å². The van der Waals surface area contributed by atoms with E-state index in [-0.39, 0.29) is 23.2 Å². The Morgan fingerprint density at radius 1 is 1.09 bits per heavy atom. The number of aliphatic hydroxyl groups excluding tert-OH is 1. The van der Waals surface area contributed by atoms with Gasteiger partial charge in [0.1, 0.15) is 31.0 Å². The predicted octanol–water partition coefficient (Wildman–Crippen LogP) is 3.32. The SMILES string of the molecule is O=C(CO)NC1CCCN(c2nc(OC[C@@]34CCCN3C[C@H](F)C4)nc3c2CCN(c2cc(O)cc4ccccc24)C3)CC1.